The maximum atomic E-state index is 12.0. The molecule has 1 amide bonds. The number of amides is 1. The lowest BCUT2D eigenvalue weighted by Crippen LogP contribution is -2.38. The van der Waals surface area contributed by atoms with Gasteiger partial charge in [-0.05, 0) is 42.7 Å². The van der Waals surface area contributed by atoms with Crippen molar-refractivity contribution in [1.82, 2.24) is 10.6 Å². The number of benzene rings is 2. The lowest BCUT2D eigenvalue weighted by atomic mass is 9.91. The maximum Gasteiger partial charge on any atom is 0.337 e. The van der Waals surface area contributed by atoms with Gasteiger partial charge in [0.2, 0.25) is 5.91 Å². The standard InChI is InChI=1S/C23H28N4O3.HI/c1-3-24-23(25-13-12-16-8-10-17(11-9-16)22(29)30-2)26-15-18-14-21(28)27-20-7-5-4-6-19(18)20;/h4-11,18H,3,12-15H2,1-2H3,(H,27,28)(H2,24,25,26);1H. The smallest absolute Gasteiger partial charge is 0.337 e. The number of ether oxygens (including phenoxy) is 1. The molecule has 0 radical (unpaired) electrons. The summed E-state index contributed by atoms with van der Waals surface area (Å²) in [5.41, 5.74) is 3.66. The zero-order valence-electron chi connectivity index (χ0n) is 17.8. The van der Waals surface area contributed by atoms with E-state index in [1.165, 1.54) is 7.11 Å². The molecule has 1 aliphatic rings. The monoisotopic (exact) mass is 536 g/mol. The quantitative estimate of drug-likeness (QED) is 0.219. The van der Waals surface area contributed by atoms with Gasteiger partial charge in [0.25, 0.3) is 0 Å². The molecule has 0 bridgehead atoms. The van der Waals surface area contributed by atoms with E-state index >= 15 is 0 Å². The summed E-state index contributed by atoms with van der Waals surface area (Å²) in [6.07, 6.45) is 1.23. The van der Waals surface area contributed by atoms with Crippen LogP contribution >= 0.6 is 24.0 Å². The number of anilines is 1. The number of aliphatic imine (C=N–C) groups is 1. The molecule has 1 aliphatic heterocycles. The number of hydrogen-bond acceptors (Lipinski definition) is 4. The molecule has 0 fully saturated rings. The third kappa shape index (κ3) is 6.95. The molecule has 0 spiro atoms. The van der Waals surface area contributed by atoms with Gasteiger partial charge in [-0.3, -0.25) is 9.79 Å². The number of fused-ring (bicyclic) bond motifs is 1. The minimum Gasteiger partial charge on any atom is -0.465 e. The topological polar surface area (TPSA) is 91.8 Å². The predicted molar refractivity (Wildman–Crippen MR) is 133 cm³/mol. The Morgan fingerprint density at radius 3 is 2.61 bits per heavy atom. The van der Waals surface area contributed by atoms with E-state index in [4.69, 9.17) is 9.73 Å². The van der Waals surface area contributed by atoms with Crippen molar-refractivity contribution in [2.24, 2.45) is 4.99 Å². The van der Waals surface area contributed by atoms with Crippen LogP contribution < -0.4 is 16.0 Å². The third-order valence-corrected chi connectivity index (χ3v) is 5.00. The molecule has 2 aromatic rings. The van der Waals surface area contributed by atoms with Gasteiger partial charge in [-0.25, -0.2) is 4.79 Å². The molecule has 3 N–H and O–H groups in total. The van der Waals surface area contributed by atoms with Crippen molar-refractivity contribution in [2.45, 2.75) is 25.7 Å². The highest BCUT2D eigenvalue weighted by atomic mass is 127. The summed E-state index contributed by atoms with van der Waals surface area (Å²) in [7, 11) is 1.38. The molecule has 166 valence electrons. The second-order valence-corrected chi connectivity index (χ2v) is 7.12. The van der Waals surface area contributed by atoms with Gasteiger partial charge in [0.05, 0.1) is 19.2 Å². The highest BCUT2D eigenvalue weighted by Gasteiger charge is 2.24. The number of carbonyl (C=O) groups is 2. The van der Waals surface area contributed by atoms with Crippen molar-refractivity contribution in [2.75, 3.05) is 32.1 Å². The first-order chi connectivity index (χ1) is 14.6. The molecule has 3 rings (SSSR count). The fourth-order valence-electron chi connectivity index (χ4n) is 3.46. The first kappa shape index (κ1) is 24.6. The Balaban J connectivity index is 0.00000341. The number of guanidine groups is 1. The van der Waals surface area contributed by atoms with Crippen molar-refractivity contribution < 1.29 is 14.3 Å². The van der Waals surface area contributed by atoms with E-state index in [0.717, 1.165) is 35.7 Å². The van der Waals surface area contributed by atoms with Crippen molar-refractivity contribution in [3.8, 4) is 0 Å². The first-order valence-corrected chi connectivity index (χ1v) is 10.2. The molecule has 0 saturated heterocycles. The summed E-state index contributed by atoms with van der Waals surface area (Å²) in [6, 6.07) is 15.3. The summed E-state index contributed by atoms with van der Waals surface area (Å²) in [6.45, 7) is 4.01. The molecule has 7 nitrogen and oxygen atoms in total. The molecular weight excluding hydrogens is 507 g/mol. The molecule has 1 heterocycles. The van der Waals surface area contributed by atoms with Gasteiger partial charge in [0.1, 0.15) is 0 Å². The van der Waals surface area contributed by atoms with Crippen LogP contribution in [0, 0.1) is 0 Å². The normalized spacial score (nSPS) is 15.2. The molecular formula is C23H29IN4O3. The van der Waals surface area contributed by atoms with Crippen LogP contribution in [0.4, 0.5) is 5.69 Å². The van der Waals surface area contributed by atoms with Gasteiger partial charge in [-0.2, -0.15) is 0 Å². The number of esters is 1. The van der Waals surface area contributed by atoms with Crippen LogP contribution in [-0.2, 0) is 16.0 Å². The minimum absolute atomic E-state index is 0. The van der Waals surface area contributed by atoms with E-state index in [-0.39, 0.29) is 41.8 Å². The maximum absolute atomic E-state index is 12.0. The number of halogens is 1. The lowest BCUT2D eigenvalue weighted by Gasteiger charge is -2.24. The van der Waals surface area contributed by atoms with Crippen LogP contribution in [0.3, 0.4) is 0 Å². The van der Waals surface area contributed by atoms with E-state index in [9.17, 15) is 9.59 Å². The second-order valence-electron chi connectivity index (χ2n) is 7.12. The van der Waals surface area contributed by atoms with E-state index in [2.05, 4.69) is 16.0 Å². The van der Waals surface area contributed by atoms with Crippen LogP contribution in [0.2, 0.25) is 0 Å². The molecule has 1 unspecified atom stereocenters. The number of rotatable bonds is 7. The Bertz CT molecular complexity index is 915. The fourth-order valence-corrected chi connectivity index (χ4v) is 3.46. The molecule has 0 aliphatic carbocycles. The molecule has 8 heteroatoms. The van der Waals surface area contributed by atoms with Crippen LogP contribution in [0.15, 0.2) is 53.5 Å². The third-order valence-electron chi connectivity index (χ3n) is 5.00. The van der Waals surface area contributed by atoms with Crippen LogP contribution in [0.5, 0.6) is 0 Å². The summed E-state index contributed by atoms with van der Waals surface area (Å²) in [5, 5.41) is 9.51. The molecule has 31 heavy (non-hydrogen) atoms. The van der Waals surface area contributed by atoms with Crippen LogP contribution in [-0.4, -0.2) is 44.6 Å². The number of nitrogens with one attached hydrogen (secondary N) is 3. The average Bonchev–Trinajstić information content (AvgIpc) is 2.77. The Morgan fingerprint density at radius 2 is 1.90 bits per heavy atom. The minimum atomic E-state index is -0.334. The average molecular weight is 536 g/mol. The Hall–Kier alpha value is -2.62. The van der Waals surface area contributed by atoms with Gasteiger partial charge in [0, 0.05) is 31.1 Å². The van der Waals surface area contributed by atoms with Crippen molar-refractivity contribution in [3.05, 3.63) is 65.2 Å². The number of methoxy groups -OCH3 is 1. The number of para-hydroxylation sites is 1. The van der Waals surface area contributed by atoms with Crippen LogP contribution in [0.25, 0.3) is 0 Å². The summed E-state index contributed by atoms with van der Waals surface area (Å²) >= 11 is 0. The fraction of sp³-hybridized carbons (Fsp3) is 0.348. The van der Waals surface area contributed by atoms with Crippen molar-refractivity contribution in [1.29, 1.82) is 0 Å². The van der Waals surface area contributed by atoms with Gasteiger partial charge in [-0.1, -0.05) is 30.3 Å². The molecule has 1 atom stereocenters. The Morgan fingerprint density at radius 1 is 1.16 bits per heavy atom. The Kier molecular flexibility index (Phi) is 9.77. The van der Waals surface area contributed by atoms with Gasteiger partial charge in [-0.15, -0.1) is 24.0 Å². The zero-order chi connectivity index (χ0) is 21.3. The highest BCUT2D eigenvalue weighted by Crippen LogP contribution is 2.31. The van der Waals surface area contributed by atoms with E-state index in [0.29, 0.717) is 25.1 Å². The second kappa shape index (κ2) is 12.3. The van der Waals surface area contributed by atoms with Crippen molar-refractivity contribution >= 4 is 47.5 Å². The van der Waals surface area contributed by atoms with Gasteiger partial charge < -0.3 is 20.7 Å². The highest BCUT2D eigenvalue weighted by molar-refractivity contribution is 14.0. The molecule has 2 aromatic carbocycles. The van der Waals surface area contributed by atoms with E-state index in [1.54, 1.807) is 12.1 Å². The van der Waals surface area contributed by atoms with Crippen molar-refractivity contribution in [3.63, 3.8) is 0 Å². The summed E-state index contributed by atoms with van der Waals surface area (Å²) in [4.78, 5) is 28.2. The zero-order valence-corrected chi connectivity index (χ0v) is 20.1. The van der Waals surface area contributed by atoms with Gasteiger partial charge >= 0.3 is 5.97 Å². The van der Waals surface area contributed by atoms with Gasteiger partial charge in [0.15, 0.2) is 5.96 Å². The van der Waals surface area contributed by atoms with Crippen LogP contribution in [0.1, 0.15) is 40.7 Å². The number of carbonyl (C=O) groups excluding carboxylic acids is 2. The first-order valence-electron chi connectivity index (χ1n) is 10.2. The molecule has 0 aromatic heterocycles. The lowest BCUT2D eigenvalue weighted by molar-refractivity contribution is -0.116. The van der Waals surface area contributed by atoms with E-state index in [1.807, 2.05) is 43.3 Å². The molecule has 0 saturated carbocycles. The summed E-state index contributed by atoms with van der Waals surface area (Å²) < 4.78 is 4.72. The number of hydrogen-bond donors (Lipinski definition) is 3. The van der Waals surface area contributed by atoms with E-state index < -0.39 is 0 Å². The summed E-state index contributed by atoms with van der Waals surface area (Å²) in [5.74, 6) is 0.491. The Labute approximate surface area is 200 Å². The largest absolute Gasteiger partial charge is 0.465 e. The number of nitrogens with zero attached hydrogens (tertiary/aromatic N) is 1. The SMILES string of the molecule is CCNC(=NCC1CC(=O)Nc2ccccc21)NCCc1ccc(C(=O)OC)cc1.I. The predicted octanol–water partition coefficient (Wildman–Crippen LogP) is 3.31.